The summed E-state index contributed by atoms with van der Waals surface area (Å²) in [6, 6.07) is 3.10. The number of nitrogens with one attached hydrogen (secondary N) is 1. The Kier molecular flexibility index (Phi) is 7.31. The summed E-state index contributed by atoms with van der Waals surface area (Å²) >= 11 is 0.916. The number of nitrogens with zero attached hydrogens (tertiary/aromatic N) is 1. The average Bonchev–Trinajstić information content (AvgIpc) is 2.44. The van der Waals surface area contributed by atoms with Gasteiger partial charge < -0.3 is 10.2 Å². The van der Waals surface area contributed by atoms with Crippen LogP contribution in [-0.4, -0.2) is 41.6 Å². The Morgan fingerprint density at radius 3 is 2.59 bits per heavy atom. The van der Waals surface area contributed by atoms with Crippen LogP contribution in [0.25, 0.3) is 0 Å². The Morgan fingerprint density at radius 1 is 1.32 bits per heavy atom. The molecule has 1 aromatic carbocycles. The highest BCUT2D eigenvalue weighted by Crippen LogP contribution is 2.22. The van der Waals surface area contributed by atoms with E-state index >= 15 is 0 Å². The molecular weight excluding hydrogens is 310 g/mol. The lowest BCUT2D eigenvalue weighted by Crippen LogP contribution is -2.43. The van der Waals surface area contributed by atoms with Crippen molar-refractivity contribution in [2.75, 3.05) is 18.8 Å². The molecule has 0 aliphatic carbocycles. The number of halogens is 2. The van der Waals surface area contributed by atoms with Gasteiger partial charge >= 0.3 is 0 Å². The molecule has 1 rings (SSSR count). The highest BCUT2D eigenvalue weighted by atomic mass is 32.2. The van der Waals surface area contributed by atoms with E-state index in [-0.39, 0.29) is 35.0 Å². The number of amides is 2. The van der Waals surface area contributed by atoms with Gasteiger partial charge in [-0.05, 0) is 39.0 Å². The van der Waals surface area contributed by atoms with Crippen LogP contribution < -0.4 is 5.32 Å². The quantitative estimate of drug-likeness (QED) is 0.781. The predicted octanol–water partition coefficient (Wildman–Crippen LogP) is 2.43. The fourth-order valence-corrected chi connectivity index (χ4v) is 2.60. The molecule has 0 heterocycles. The van der Waals surface area contributed by atoms with E-state index in [1.165, 1.54) is 4.90 Å². The molecule has 122 valence electrons. The first kappa shape index (κ1) is 18.4. The van der Waals surface area contributed by atoms with E-state index in [4.69, 9.17) is 0 Å². The van der Waals surface area contributed by atoms with E-state index in [0.29, 0.717) is 6.54 Å². The third kappa shape index (κ3) is 6.01. The topological polar surface area (TPSA) is 49.4 Å². The molecule has 0 fully saturated rings. The SMILES string of the molecule is CCN(CC(=O)NC(C)C)C(=O)CSc1cc(F)ccc1F. The average molecular weight is 330 g/mol. The summed E-state index contributed by atoms with van der Waals surface area (Å²) in [6.45, 7) is 5.75. The van der Waals surface area contributed by atoms with Gasteiger partial charge in [-0.1, -0.05) is 0 Å². The molecule has 0 aliphatic heterocycles. The Balaban J connectivity index is 2.58. The van der Waals surface area contributed by atoms with Crippen molar-refractivity contribution >= 4 is 23.6 Å². The van der Waals surface area contributed by atoms with Gasteiger partial charge in [0.25, 0.3) is 0 Å². The van der Waals surface area contributed by atoms with Crippen molar-refractivity contribution in [1.82, 2.24) is 10.2 Å². The number of hydrogen-bond donors (Lipinski definition) is 1. The summed E-state index contributed by atoms with van der Waals surface area (Å²) in [4.78, 5) is 25.2. The van der Waals surface area contributed by atoms with Crippen LogP contribution in [0, 0.1) is 11.6 Å². The number of hydrogen-bond acceptors (Lipinski definition) is 3. The highest BCUT2D eigenvalue weighted by molar-refractivity contribution is 8.00. The molecule has 7 heteroatoms. The minimum atomic E-state index is -0.570. The summed E-state index contributed by atoms with van der Waals surface area (Å²) in [5, 5.41) is 2.70. The molecule has 2 amide bonds. The first-order valence-electron chi connectivity index (χ1n) is 6.98. The third-order valence-electron chi connectivity index (χ3n) is 2.76. The molecule has 0 radical (unpaired) electrons. The van der Waals surface area contributed by atoms with Crippen LogP contribution in [0.4, 0.5) is 8.78 Å². The zero-order valence-electron chi connectivity index (χ0n) is 12.9. The van der Waals surface area contributed by atoms with Crippen LogP contribution in [0.5, 0.6) is 0 Å². The Labute approximate surface area is 133 Å². The number of benzene rings is 1. The van der Waals surface area contributed by atoms with Gasteiger partial charge in [-0.25, -0.2) is 8.78 Å². The molecular formula is C15H20F2N2O2S. The van der Waals surface area contributed by atoms with Crippen LogP contribution in [-0.2, 0) is 9.59 Å². The van der Waals surface area contributed by atoms with E-state index in [0.717, 1.165) is 30.0 Å². The van der Waals surface area contributed by atoms with Gasteiger partial charge in [0.1, 0.15) is 11.6 Å². The van der Waals surface area contributed by atoms with Gasteiger partial charge in [0, 0.05) is 17.5 Å². The fraction of sp³-hybridized carbons (Fsp3) is 0.467. The molecule has 0 atom stereocenters. The number of carbonyl (C=O) groups is 2. The van der Waals surface area contributed by atoms with Crippen molar-refractivity contribution in [3.63, 3.8) is 0 Å². The van der Waals surface area contributed by atoms with Crippen LogP contribution in [0.3, 0.4) is 0 Å². The van der Waals surface area contributed by atoms with E-state index < -0.39 is 11.6 Å². The van der Waals surface area contributed by atoms with Crippen LogP contribution in [0.2, 0.25) is 0 Å². The monoisotopic (exact) mass is 330 g/mol. The first-order chi connectivity index (χ1) is 10.3. The molecule has 0 aliphatic rings. The molecule has 1 aromatic rings. The Hall–Kier alpha value is -1.63. The molecule has 0 unspecified atom stereocenters. The largest absolute Gasteiger partial charge is 0.352 e. The molecule has 22 heavy (non-hydrogen) atoms. The normalized spacial score (nSPS) is 10.6. The first-order valence-corrected chi connectivity index (χ1v) is 7.97. The third-order valence-corrected chi connectivity index (χ3v) is 3.78. The molecule has 4 nitrogen and oxygen atoms in total. The zero-order valence-corrected chi connectivity index (χ0v) is 13.7. The van der Waals surface area contributed by atoms with Crippen molar-refractivity contribution in [1.29, 1.82) is 0 Å². The van der Waals surface area contributed by atoms with Crippen molar-refractivity contribution < 1.29 is 18.4 Å². The summed E-state index contributed by atoms with van der Waals surface area (Å²) < 4.78 is 26.5. The maximum absolute atomic E-state index is 13.5. The predicted molar refractivity (Wildman–Crippen MR) is 82.6 cm³/mol. The molecule has 0 bridgehead atoms. The van der Waals surface area contributed by atoms with Crippen molar-refractivity contribution in [3.8, 4) is 0 Å². The van der Waals surface area contributed by atoms with E-state index in [1.807, 2.05) is 13.8 Å². The molecule has 0 spiro atoms. The molecule has 0 saturated heterocycles. The van der Waals surface area contributed by atoms with Crippen LogP contribution in [0.15, 0.2) is 23.1 Å². The number of thioether (sulfide) groups is 1. The Morgan fingerprint density at radius 2 is 2.00 bits per heavy atom. The number of rotatable bonds is 7. The van der Waals surface area contributed by atoms with Crippen LogP contribution in [0.1, 0.15) is 20.8 Å². The number of carbonyl (C=O) groups excluding carboxylic acids is 2. The zero-order chi connectivity index (χ0) is 16.7. The minimum absolute atomic E-state index is 0.00271. The van der Waals surface area contributed by atoms with E-state index in [9.17, 15) is 18.4 Å². The second-order valence-corrected chi connectivity index (χ2v) is 6.01. The lowest BCUT2D eigenvalue weighted by atomic mass is 10.3. The van der Waals surface area contributed by atoms with Crippen molar-refractivity contribution in [2.24, 2.45) is 0 Å². The summed E-state index contributed by atoms with van der Waals surface area (Å²) in [6.07, 6.45) is 0. The minimum Gasteiger partial charge on any atom is -0.352 e. The standard InChI is InChI=1S/C15H20F2N2O2S/c1-4-19(8-14(20)18-10(2)3)15(21)9-22-13-7-11(16)5-6-12(13)17/h5-7,10H,4,8-9H2,1-3H3,(H,18,20). The van der Waals surface area contributed by atoms with Gasteiger partial charge in [0.05, 0.1) is 12.3 Å². The van der Waals surface area contributed by atoms with Crippen molar-refractivity contribution in [2.45, 2.75) is 31.7 Å². The van der Waals surface area contributed by atoms with Gasteiger partial charge in [0.15, 0.2) is 0 Å². The van der Waals surface area contributed by atoms with E-state index in [1.54, 1.807) is 6.92 Å². The summed E-state index contributed by atoms with van der Waals surface area (Å²) in [7, 11) is 0. The van der Waals surface area contributed by atoms with Crippen molar-refractivity contribution in [3.05, 3.63) is 29.8 Å². The maximum Gasteiger partial charge on any atom is 0.239 e. The van der Waals surface area contributed by atoms with Gasteiger partial charge in [-0.2, -0.15) is 0 Å². The molecule has 0 aromatic heterocycles. The van der Waals surface area contributed by atoms with Gasteiger partial charge in [-0.15, -0.1) is 11.8 Å². The number of likely N-dealkylation sites (N-methyl/N-ethyl adjacent to an activating group) is 1. The highest BCUT2D eigenvalue weighted by Gasteiger charge is 2.17. The molecule has 1 N–H and O–H groups in total. The van der Waals surface area contributed by atoms with Crippen LogP contribution >= 0.6 is 11.8 Å². The molecule has 0 saturated carbocycles. The second kappa shape index (κ2) is 8.73. The fourth-order valence-electron chi connectivity index (χ4n) is 1.74. The van der Waals surface area contributed by atoms with Gasteiger partial charge in [-0.3, -0.25) is 9.59 Å². The summed E-state index contributed by atoms with van der Waals surface area (Å²) in [5.74, 6) is -1.72. The van der Waals surface area contributed by atoms with Gasteiger partial charge in [0.2, 0.25) is 11.8 Å². The summed E-state index contributed by atoms with van der Waals surface area (Å²) in [5.41, 5.74) is 0. The smallest absolute Gasteiger partial charge is 0.239 e. The van der Waals surface area contributed by atoms with E-state index in [2.05, 4.69) is 5.32 Å². The second-order valence-electron chi connectivity index (χ2n) is 4.99. The lowest BCUT2D eigenvalue weighted by Gasteiger charge is -2.21. The lowest BCUT2D eigenvalue weighted by molar-refractivity contribution is -0.134. The maximum atomic E-state index is 13.5. The Bertz CT molecular complexity index is 538.